The van der Waals surface area contributed by atoms with Gasteiger partial charge in [-0.3, -0.25) is 0 Å². The molecule has 0 bridgehead atoms. The van der Waals surface area contributed by atoms with Crippen LogP contribution in [0.15, 0.2) is 15.5 Å². The van der Waals surface area contributed by atoms with Crippen LogP contribution in [0.1, 0.15) is 35.1 Å². The number of hydrogen-bond acceptors (Lipinski definition) is 6. The largest absolute Gasteiger partial charge is 0.476 e. The fraction of sp³-hybridized carbons (Fsp3) is 0.500. The Hall–Kier alpha value is -2.46. The number of fused-ring (bicyclic) bond motifs is 3. The third-order valence-corrected chi connectivity index (χ3v) is 7.02. The summed E-state index contributed by atoms with van der Waals surface area (Å²) in [4.78, 5) is 12.9. The third-order valence-electron chi connectivity index (χ3n) is 6.03. The summed E-state index contributed by atoms with van der Waals surface area (Å²) in [6.45, 7) is 0.787. The first kappa shape index (κ1) is 19.5. The molecule has 0 saturated heterocycles. The second-order valence-electron chi connectivity index (χ2n) is 7.75. The van der Waals surface area contributed by atoms with Crippen molar-refractivity contribution in [3.8, 4) is 5.88 Å². The molecule has 2 amide bonds. The van der Waals surface area contributed by atoms with Crippen LogP contribution in [0.4, 0.5) is 14.9 Å². The number of amides is 2. The molecule has 2 aromatic rings. The second kappa shape index (κ2) is 7.66. The van der Waals surface area contributed by atoms with Crippen LogP contribution in [-0.4, -0.2) is 35.6 Å². The van der Waals surface area contributed by atoms with Gasteiger partial charge in [-0.05, 0) is 65.7 Å². The van der Waals surface area contributed by atoms with Crippen LogP contribution < -0.4 is 10.1 Å². The molecule has 1 aromatic carbocycles. The molecular weight excluding hydrogens is 411 g/mol. The van der Waals surface area contributed by atoms with Crippen molar-refractivity contribution in [3.63, 3.8) is 0 Å². The van der Waals surface area contributed by atoms with E-state index in [4.69, 9.17) is 9.47 Å². The van der Waals surface area contributed by atoms with Crippen LogP contribution in [0, 0.1) is 5.82 Å². The van der Waals surface area contributed by atoms with Gasteiger partial charge in [-0.1, -0.05) is 0 Å². The zero-order chi connectivity index (χ0) is 20.8. The van der Waals surface area contributed by atoms with Gasteiger partial charge in [0.2, 0.25) is 0 Å². The highest BCUT2D eigenvalue weighted by Gasteiger charge is 2.29. The quantitative estimate of drug-likeness (QED) is 0.751. The Morgan fingerprint density at radius 1 is 1.27 bits per heavy atom. The molecule has 0 spiro atoms. The van der Waals surface area contributed by atoms with Gasteiger partial charge < -0.3 is 23.4 Å². The van der Waals surface area contributed by atoms with Gasteiger partial charge in [-0.25, -0.2) is 13.9 Å². The minimum Gasteiger partial charge on any atom is -0.476 e. The van der Waals surface area contributed by atoms with Gasteiger partial charge in [0.05, 0.1) is 6.54 Å². The first-order valence-electron chi connectivity index (χ1n) is 10.1. The smallest absolute Gasteiger partial charge is 0.322 e. The van der Waals surface area contributed by atoms with E-state index >= 15 is 0 Å². The number of halogens is 1. The highest BCUT2D eigenvalue weighted by atomic mass is 32.2. The van der Waals surface area contributed by atoms with E-state index in [-0.39, 0.29) is 16.8 Å². The Morgan fingerprint density at radius 3 is 2.60 bits per heavy atom. The van der Waals surface area contributed by atoms with Crippen LogP contribution in [0.3, 0.4) is 0 Å². The molecule has 10 heteroatoms. The Balaban J connectivity index is 1.42. The number of carbonyl (C=O) groups is 1. The first-order chi connectivity index (χ1) is 14.6. The minimum atomic E-state index is -1.97. The number of aromatic nitrogens is 2. The van der Waals surface area contributed by atoms with Crippen molar-refractivity contribution in [3.05, 3.63) is 34.3 Å². The van der Waals surface area contributed by atoms with Crippen molar-refractivity contribution in [1.82, 2.24) is 9.78 Å². The predicted octanol–water partition coefficient (Wildman–Crippen LogP) is 3.15. The van der Waals surface area contributed by atoms with Crippen molar-refractivity contribution < 1.29 is 22.9 Å². The van der Waals surface area contributed by atoms with E-state index in [0.717, 1.165) is 36.8 Å². The molecule has 8 nitrogen and oxygen atoms in total. The monoisotopic (exact) mass is 433 g/mol. The van der Waals surface area contributed by atoms with Gasteiger partial charge in [0.15, 0.2) is 5.88 Å². The van der Waals surface area contributed by atoms with Crippen LogP contribution in [0.25, 0.3) is 0 Å². The molecular formula is C20H22FN4O4S-. The molecule has 2 heterocycles. The van der Waals surface area contributed by atoms with Crippen molar-refractivity contribution in [2.75, 3.05) is 19.0 Å². The lowest BCUT2D eigenvalue weighted by atomic mass is 9.98. The topological polar surface area (TPSA) is 94.8 Å². The maximum absolute atomic E-state index is 14.8. The lowest BCUT2D eigenvalue weighted by Gasteiger charge is -2.24. The Bertz CT molecular complexity index is 1090. The number of hydrogen-bond donors (Lipinski definition) is 1. The maximum Gasteiger partial charge on any atom is 0.322 e. The third kappa shape index (κ3) is 3.18. The fourth-order valence-corrected chi connectivity index (χ4v) is 5.35. The highest BCUT2D eigenvalue weighted by Crippen LogP contribution is 2.41. The summed E-state index contributed by atoms with van der Waals surface area (Å²) in [5, 5.41) is 6.96. The van der Waals surface area contributed by atoms with Crippen LogP contribution >= 0.6 is 0 Å². The van der Waals surface area contributed by atoms with E-state index in [0.29, 0.717) is 48.7 Å². The summed E-state index contributed by atoms with van der Waals surface area (Å²) in [6, 6.07) is -0.714. The number of ether oxygens (including phenoxy) is 2. The lowest BCUT2D eigenvalue weighted by Crippen LogP contribution is -2.32. The zero-order valence-corrected chi connectivity index (χ0v) is 17.4. The van der Waals surface area contributed by atoms with Gasteiger partial charge in [0.25, 0.3) is 0 Å². The van der Waals surface area contributed by atoms with Crippen LogP contribution in [-0.2, 0) is 51.8 Å². The second-order valence-corrected chi connectivity index (χ2v) is 8.87. The van der Waals surface area contributed by atoms with Crippen LogP contribution in [0.2, 0.25) is 0 Å². The number of anilines is 1. The van der Waals surface area contributed by atoms with Crippen LogP contribution in [0.5, 0.6) is 5.88 Å². The summed E-state index contributed by atoms with van der Waals surface area (Å²) < 4.78 is 43.7. The molecule has 30 heavy (non-hydrogen) atoms. The fourth-order valence-electron chi connectivity index (χ4n) is 4.61. The average Bonchev–Trinajstić information content (AvgIpc) is 3.49. The molecule has 0 unspecified atom stereocenters. The van der Waals surface area contributed by atoms with Crippen molar-refractivity contribution >= 4 is 22.3 Å². The van der Waals surface area contributed by atoms with E-state index in [1.54, 1.807) is 11.8 Å². The number of benzene rings is 1. The van der Waals surface area contributed by atoms with Gasteiger partial charge in [-0.15, -0.1) is 10.6 Å². The molecule has 1 N–H and O–H groups in total. The number of nitrogens with one attached hydrogen (secondary N) is 1. The van der Waals surface area contributed by atoms with E-state index in [2.05, 4.69) is 14.8 Å². The summed E-state index contributed by atoms with van der Waals surface area (Å²) in [5.74, 6) is 0.230. The first-order valence-corrected chi connectivity index (χ1v) is 11.2. The Labute approximate surface area is 175 Å². The summed E-state index contributed by atoms with van der Waals surface area (Å²) >= 11 is 0. The molecule has 1 atom stereocenters. The van der Waals surface area contributed by atoms with Crippen molar-refractivity contribution in [1.29, 1.82) is 0 Å². The Kier molecular flexibility index (Phi) is 4.98. The normalized spacial score (nSPS) is 20.4. The van der Waals surface area contributed by atoms with Gasteiger partial charge in [-0.2, -0.15) is 5.10 Å². The molecule has 5 rings (SSSR count). The number of rotatable bonds is 3. The number of methoxy groups -OCH3 is 1. The van der Waals surface area contributed by atoms with E-state index in [9.17, 15) is 13.4 Å². The molecule has 160 valence electrons. The minimum absolute atomic E-state index is 0.105. The molecule has 1 aromatic heterocycles. The van der Waals surface area contributed by atoms with E-state index < -0.39 is 16.6 Å². The Morgan fingerprint density at radius 2 is 1.93 bits per heavy atom. The number of nitrogens with zero attached hydrogens (tertiary/aromatic N) is 3. The highest BCUT2D eigenvalue weighted by molar-refractivity contribution is 7.75. The average molecular weight is 433 g/mol. The van der Waals surface area contributed by atoms with Gasteiger partial charge in [0.1, 0.15) is 18.5 Å². The summed E-state index contributed by atoms with van der Waals surface area (Å²) in [5.41, 5.74) is 3.80. The summed E-state index contributed by atoms with van der Waals surface area (Å²) in [6.07, 6.45) is 5.81. The van der Waals surface area contributed by atoms with Gasteiger partial charge >= 0.3 is 6.03 Å². The van der Waals surface area contributed by atoms with E-state index in [1.807, 2.05) is 0 Å². The van der Waals surface area contributed by atoms with Crippen molar-refractivity contribution in [2.24, 2.45) is 4.36 Å². The summed E-state index contributed by atoms with van der Waals surface area (Å²) in [7, 11) is -0.382. The molecule has 2 aliphatic carbocycles. The molecule has 0 saturated carbocycles. The SMILES string of the molecule is CO[C@@H]1COc2c([S-](=O)=NC(=O)Nc3c4c(c(F)c5c3CCC5)CCC4)cnn2C1. The molecule has 1 aliphatic heterocycles. The zero-order valence-electron chi connectivity index (χ0n) is 16.6. The number of urea groups is 1. The maximum atomic E-state index is 14.8. The van der Waals surface area contributed by atoms with Crippen molar-refractivity contribution in [2.45, 2.75) is 56.1 Å². The predicted molar refractivity (Wildman–Crippen MR) is 107 cm³/mol. The lowest BCUT2D eigenvalue weighted by molar-refractivity contribution is 0.0165. The standard InChI is InChI=1S/C20H22FN4O4S/c1-28-11-9-25-19(29-10-11)16(8-22-25)30(27)24-20(26)23-18-14-6-2-4-12(14)17(21)13-5-3-7-15(13)18/h8,11H,2-7,9-10H2,1H3,(H,23,26)/q-1/t11-/m0/s1. The molecule has 3 aliphatic rings. The van der Waals surface area contributed by atoms with Gasteiger partial charge in [0, 0.05) is 19.0 Å². The molecule has 0 radical (unpaired) electrons. The molecule has 0 fully saturated rings. The number of carbonyl (C=O) groups excluding carboxylic acids is 1. The van der Waals surface area contributed by atoms with E-state index in [1.165, 1.54) is 6.20 Å².